The number of aliphatic hydroxyl groups excluding tert-OH is 2. The number of hydrogen-bond donors (Lipinski definition) is 4. The van der Waals surface area contributed by atoms with Crippen molar-refractivity contribution in [2.24, 2.45) is 10.9 Å². The van der Waals surface area contributed by atoms with Gasteiger partial charge in [-0.3, -0.25) is 0 Å². The second-order valence-corrected chi connectivity index (χ2v) is 5.08. The van der Waals surface area contributed by atoms with Crippen molar-refractivity contribution in [3.05, 3.63) is 35.9 Å². The Labute approximate surface area is 120 Å². The molecule has 0 radical (unpaired) electrons. The molecule has 3 rings (SSSR count). The van der Waals surface area contributed by atoms with E-state index in [4.69, 9.17) is 10.9 Å². The van der Waals surface area contributed by atoms with Crippen LogP contribution in [0.15, 0.2) is 35.5 Å². The van der Waals surface area contributed by atoms with Crippen LogP contribution in [-0.2, 0) is 0 Å². The lowest BCUT2D eigenvalue weighted by molar-refractivity contribution is 0.0572. The number of para-hydroxylation sites is 1. The minimum absolute atomic E-state index is 0.0564. The van der Waals surface area contributed by atoms with Crippen LogP contribution in [0.25, 0.3) is 10.9 Å². The minimum atomic E-state index is -0.835. The molecule has 1 aromatic heterocycles. The SMILES string of the molecule is N/C(=N/O)c1cc2ccccc2nc1N1CC(O)C(O)C1. The van der Waals surface area contributed by atoms with Crippen LogP contribution >= 0.6 is 0 Å². The quantitative estimate of drug-likeness (QED) is 0.265. The highest BCUT2D eigenvalue weighted by Crippen LogP contribution is 2.26. The average Bonchev–Trinajstić information content (AvgIpc) is 2.84. The minimum Gasteiger partial charge on any atom is -0.409 e. The van der Waals surface area contributed by atoms with Crippen LogP contribution in [0, 0.1) is 0 Å². The van der Waals surface area contributed by atoms with E-state index in [0.717, 1.165) is 10.9 Å². The summed E-state index contributed by atoms with van der Waals surface area (Å²) in [6.07, 6.45) is -1.67. The van der Waals surface area contributed by atoms with Gasteiger partial charge in [0.1, 0.15) is 5.82 Å². The topological polar surface area (TPSA) is 115 Å². The third-order valence-corrected chi connectivity index (χ3v) is 3.65. The van der Waals surface area contributed by atoms with Gasteiger partial charge in [0.05, 0.1) is 23.3 Å². The largest absolute Gasteiger partial charge is 0.409 e. The van der Waals surface area contributed by atoms with Crippen LogP contribution in [0.4, 0.5) is 5.82 Å². The highest BCUT2D eigenvalue weighted by atomic mass is 16.4. The molecule has 7 heteroatoms. The number of rotatable bonds is 2. The number of benzene rings is 1. The number of β-amino-alcohol motifs (C(OH)–C–C–N with tert-alkyl or cyclic N) is 2. The van der Waals surface area contributed by atoms with E-state index in [-0.39, 0.29) is 18.9 Å². The number of nitrogens with zero attached hydrogens (tertiary/aromatic N) is 3. The Morgan fingerprint density at radius 3 is 2.57 bits per heavy atom. The van der Waals surface area contributed by atoms with Crippen LogP contribution in [0.2, 0.25) is 0 Å². The first kappa shape index (κ1) is 13.6. The third kappa shape index (κ3) is 2.37. The van der Waals surface area contributed by atoms with E-state index < -0.39 is 12.2 Å². The molecular weight excluding hydrogens is 272 g/mol. The molecule has 0 spiro atoms. The zero-order chi connectivity index (χ0) is 15.0. The number of oxime groups is 1. The summed E-state index contributed by atoms with van der Waals surface area (Å²) in [5, 5.41) is 32.2. The van der Waals surface area contributed by atoms with Crippen molar-refractivity contribution in [2.75, 3.05) is 18.0 Å². The van der Waals surface area contributed by atoms with Crippen LogP contribution in [0.5, 0.6) is 0 Å². The van der Waals surface area contributed by atoms with Gasteiger partial charge in [-0.15, -0.1) is 0 Å². The molecule has 1 aliphatic rings. The molecule has 2 aromatic rings. The summed E-state index contributed by atoms with van der Waals surface area (Å²) < 4.78 is 0. The van der Waals surface area contributed by atoms with Crippen molar-refractivity contribution in [1.82, 2.24) is 4.98 Å². The number of hydrogen-bond acceptors (Lipinski definition) is 6. The van der Waals surface area contributed by atoms with Crippen molar-refractivity contribution in [1.29, 1.82) is 0 Å². The van der Waals surface area contributed by atoms with E-state index in [0.29, 0.717) is 11.4 Å². The van der Waals surface area contributed by atoms with Gasteiger partial charge in [0.15, 0.2) is 5.84 Å². The molecule has 1 aromatic carbocycles. The zero-order valence-corrected chi connectivity index (χ0v) is 11.2. The molecule has 1 fully saturated rings. The summed E-state index contributed by atoms with van der Waals surface area (Å²) in [6.45, 7) is 0.496. The van der Waals surface area contributed by atoms with Crippen LogP contribution in [0.1, 0.15) is 5.56 Å². The van der Waals surface area contributed by atoms with Crippen molar-refractivity contribution >= 4 is 22.6 Å². The predicted octanol–water partition coefficient (Wildman–Crippen LogP) is -0.129. The summed E-state index contributed by atoms with van der Waals surface area (Å²) in [7, 11) is 0. The van der Waals surface area contributed by atoms with Gasteiger partial charge in [-0.2, -0.15) is 0 Å². The molecule has 110 valence electrons. The lowest BCUT2D eigenvalue weighted by Gasteiger charge is -2.20. The molecule has 7 nitrogen and oxygen atoms in total. The molecule has 1 aliphatic heterocycles. The van der Waals surface area contributed by atoms with Gasteiger partial charge >= 0.3 is 0 Å². The Morgan fingerprint density at radius 2 is 1.90 bits per heavy atom. The van der Waals surface area contributed by atoms with Crippen molar-refractivity contribution in [3.8, 4) is 0 Å². The fourth-order valence-electron chi connectivity index (χ4n) is 2.53. The number of fused-ring (bicyclic) bond motifs is 1. The first-order valence-corrected chi connectivity index (χ1v) is 6.59. The fraction of sp³-hybridized carbons (Fsp3) is 0.286. The molecule has 2 atom stereocenters. The Balaban J connectivity index is 2.15. The second-order valence-electron chi connectivity index (χ2n) is 5.08. The van der Waals surface area contributed by atoms with Gasteiger partial charge in [0.2, 0.25) is 0 Å². The Bertz CT molecular complexity index is 694. The summed E-state index contributed by atoms with van der Waals surface area (Å²) in [5.41, 5.74) is 6.96. The molecule has 1 saturated heterocycles. The highest BCUT2D eigenvalue weighted by molar-refractivity contribution is 6.04. The zero-order valence-electron chi connectivity index (χ0n) is 11.2. The normalized spacial score (nSPS) is 23.0. The number of anilines is 1. The Morgan fingerprint density at radius 1 is 1.24 bits per heavy atom. The van der Waals surface area contributed by atoms with Crippen LogP contribution in [-0.4, -0.2) is 51.5 Å². The van der Waals surface area contributed by atoms with Gasteiger partial charge in [0, 0.05) is 18.5 Å². The van der Waals surface area contributed by atoms with Gasteiger partial charge in [-0.1, -0.05) is 23.4 Å². The average molecular weight is 288 g/mol. The van der Waals surface area contributed by atoms with Crippen molar-refractivity contribution in [3.63, 3.8) is 0 Å². The lowest BCUT2D eigenvalue weighted by atomic mass is 10.1. The van der Waals surface area contributed by atoms with E-state index in [2.05, 4.69) is 10.1 Å². The highest BCUT2D eigenvalue weighted by Gasteiger charge is 2.32. The maximum Gasteiger partial charge on any atom is 0.173 e. The Kier molecular flexibility index (Phi) is 3.36. The summed E-state index contributed by atoms with van der Waals surface area (Å²) >= 11 is 0. The van der Waals surface area contributed by atoms with Crippen molar-refractivity contribution < 1.29 is 15.4 Å². The molecule has 21 heavy (non-hydrogen) atoms. The maximum absolute atomic E-state index is 9.70. The summed E-state index contributed by atoms with van der Waals surface area (Å²) in [6, 6.07) is 9.27. The molecule has 0 amide bonds. The molecule has 0 aliphatic carbocycles. The monoisotopic (exact) mass is 288 g/mol. The van der Waals surface area contributed by atoms with Gasteiger partial charge in [-0.05, 0) is 12.1 Å². The lowest BCUT2D eigenvalue weighted by Crippen LogP contribution is -2.27. The number of amidine groups is 1. The molecule has 2 heterocycles. The molecular formula is C14H16N4O3. The standard InChI is InChI=1S/C14H16N4O3/c15-13(17-21)9-5-8-3-1-2-4-10(8)16-14(9)18-6-11(19)12(20)7-18/h1-5,11-12,19-21H,6-7H2,(H2,15,17). The smallest absolute Gasteiger partial charge is 0.173 e. The van der Waals surface area contributed by atoms with Crippen LogP contribution < -0.4 is 10.6 Å². The number of pyridine rings is 1. The third-order valence-electron chi connectivity index (χ3n) is 3.65. The van der Waals surface area contributed by atoms with E-state index in [1.165, 1.54) is 0 Å². The first-order valence-electron chi connectivity index (χ1n) is 6.59. The van der Waals surface area contributed by atoms with E-state index in [1.807, 2.05) is 24.3 Å². The second kappa shape index (κ2) is 5.19. The number of aliphatic hydroxyl groups is 2. The van der Waals surface area contributed by atoms with Crippen molar-refractivity contribution in [2.45, 2.75) is 12.2 Å². The maximum atomic E-state index is 9.70. The fourth-order valence-corrected chi connectivity index (χ4v) is 2.53. The number of aromatic nitrogens is 1. The van der Waals surface area contributed by atoms with Gasteiger partial charge in [0.25, 0.3) is 0 Å². The van der Waals surface area contributed by atoms with E-state index in [1.54, 1.807) is 11.0 Å². The summed E-state index contributed by atoms with van der Waals surface area (Å²) in [5.74, 6) is 0.429. The van der Waals surface area contributed by atoms with Gasteiger partial charge < -0.3 is 26.1 Å². The molecule has 2 unspecified atom stereocenters. The first-order chi connectivity index (χ1) is 10.1. The van der Waals surface area contributed by atoms with Gasteiger partial charge in [-0.25, -0.2) is 4.98 Å². The summed E-state index contributed by atoms with van der Waals surface area (Å²) in [4.78, 5) is 6.26. The molecule has 5 N–H and O–H groups in total. The van der Waals surface area contributed by atoms with E-state index >= 15 is 0 Å². The predicted molar refractivity (Wildman–Crippen MR) is 78.5 cm³/mol. The molecule has 0 saturated carbocycles. The van der Waals surface area contributed by atoms with E-state index in [9.17, 15) is 10.2 Å². The van der Waals surface area contributed by atoms with Crippen LogP contribution in [0.3, 0.4) is 0 Å². The number of nitrogens with two attached hydrogens (primary N) is 1. The molecule has 0 bridgehead atoms. The Hall–Kier alpha value is -2.38.